The molecule has 1 atom stereocenters. The standard InChI is InChI=1S/C16H31NO/c1-3-5-6-7-8-9-10-11-12-13-16-17-15(4-2)14-18-16/h15H,3-14H2,1-2H3. The Kier molecular flexibility index (Phi) is 8.97. The number of ether oxygens (including phenoxy) is 1. The van der Waals surface area contributed by atoms with E-state index in [0.29, 0.717) is 6.04 Å². The lowest BCUT2D eigenvalue weighted by Gasteiger charge is -2.02. The first-order chi connectivity index (χ1) is 8.86. The molecular weight excluding hydrogens is 222 g/mol. The fraction of sp³-hybridized carbons (Fsp3) is 0.938. The monoisotopic (exact) mass is 253 g/mol. The predicted molar refractivity (Wildman–Crippen MR) is 79.3 cm³/mol. The van der Waals surface area contributed by atoms with E-state index in [1.54, 1.807) is 0 Å². The van der Waals surface area contributed by atoms with Gasteiger partial charge in [0.2, 0.25) is 0 Å². The summed E-state index contributed by atoms with van der Waals surface area (Å²) in [4.78, 5) is 4.57. The largest absolute Gasteiger partial charge is 0.479 e. The summed E-state index contributed by atoms with van der Waals surface area (Å²) in [5.41, 5.74) is 0. The van der Waals surface area contributed by atoms with Crippen molar-refractivity contribution < 1.29 is 4.74 Å². The Hall–Kier alpha value is -0.530. The van der Waals surface area contributed by atoms with E-state index in [4.69, 9.17) is 4.74 Å². The molecule has 0 fully saturated rings. The summed E-state index contributed by atoms with van der Waals surface area (Å²) >= 11 is 0. The molecule has 2 nitrogen and oxygen atoms in total. The quantitative estimate of drug-likeness (QED) is 0.469. The van der Waals surface area contributed by atoms with Crippen molar-refractivity contribution in [3.8, 4) is 0 Å². The highest BCUT2D eigenvalue weighted by Gasteiger charge is 2.15. The van der Waals surface area contributed by atoms with Crippen LogP contribution in [0, 0.1) is 0 Å². The van der Waals surface area contributed by atoms with Gasteiger partial charge < -0.3 is 4.74 Å². The van der Waals surface area contributed by atoms with Gasteiger partial charge in [-0.15, -0.1) is 0 Å². The molecule has 0 aliphatic carbocycles. The highest BCUT2D eigenvalue weighted by atomic mass is 16.5. The molecule has 1 unspecified atom stereocenters. The Balaban J connectivity index is 1.84. The van der Waals surface area contributed by atoms with Crippen molar-refractivity contribution in [2.45, 2.75) is 90.5 Å². The van der Waals surface area contributed by atoms with Gasteiger partial charge >= 0.3 is 0 Å². The van der Waals surface area contributed by atoms with Crippen molar-refractivity contribution in [3.05, 3.63) is 0 Å². The fourth-order valence-electron chi connectivity index (χ4n) is 2.40. The summed E-state index contributed by atoms with van der Waals surface area (Å²) in [6.07, 6.45) is 14.6. The molecule has 0 amide bonds. The van der Waals surface area contributed by atoms with Gasteiger partial charge in [-0.2, -0.15) is 0 Å². The minimum absolute atomic E-state index is 0.443. The average Bonchev–Trinajstić information content (AvgIpc) is 2.85. The van der Waals surface area contributed by atoms with Crippen LogP contribution < -0.4 is 0 Å². The maximum absolute atomic E-state index is 5.58. The first-order valence-electron chi connectivity index (χ1n) is 8.06. The SMILES string of the molecule is CCCCCCCCCCCC1=NC(CC)CO1. The van der Waals surface area contributed by atoms with Gasteiger partial charge in [-0.05, 0) is 12.8 Å². The average molecular weight is 253 g/mol. The lowest BCUT2D eigenvalue weighted by atomic mass is 10.1. The Morgan fingerprint density at radius 1 is 0.944 bits per heavy atom. The van der Waals surface area contributed by atoms with Crippen molar-refractivity contribution in [1.29, 1.82) is 0 Å². The summed E-state index contributed by atoms with van der Waals surface area (Å²) in [5.74, 6) is 1.02. The Morgan fingerprint density at radius 3 is 2.11 bits per heavy atom. The molecule has 0 saturated heterocycles. The van der Waals surface area contributed by atoms with Crippen LogP contribution in [0.2, 0.25) is 0 Å². The molecule has 0 N–H and O–H groups in total. The minimum atomic E-state index is 0.443. The number of aliphatic imine (C=N–C) groups is 1. The van der Waals surface area contributed by atoms with Crippen LogP contribution in [0.3, 0.4) is 0 Å². The Morgan fingerprint density at radius 2 is 1.56 bits per heavy atom. The van der Waals surface area contributed by atoms with Crippen LogP contribution in [0.25, 0.3) is 0 Å². The van der Waals surface area contributed by atoms with Gasteiger partial charge in [-0.25, -0.2) is 4.99 Å². The van der Waals surface area contributed by atoms with Crippen LogP contribution in [0.1, 0.15) is 84.5 Å². The van der Waals surface area contributed by atoms with Gasteiger partial charge in [0.25, 0.3) is 0 Å². The normalized spacial score (nSPS) is 18.8. The molecule has 0 spiro atoms. The first kappa shape index (κ1) is 15.5. The molecule has 0 aromatic heterocycles. The van der Waals surface area contributed by atoms with Gasteiger partial charge in [-0.1, -0.05) is 65.2 Å². The highest BCUT2D eigenvalue weighted by molar-refractivity contribution is 5.77. The third kappa shape index (κ3) is 7.03. The van der Waals surface area contributed by atoms with Crippen molar-refractivity contribution in [2.24, 2.45) is 4.99 Å². The van der Waals surface area contributed by atoms with Crippen molar-refractivity contribution in [3.63, 3.8) is 0 Å². The van der Waals surface area contributed by atoms with Gasteiger partial charge in [0.05, 0.1) is 6.04 Å². The number of rotatable bonds is 11. The van der Waals surface area contributed by atoms with Crippen LogP contribution in [-0.2, 0) is 4.74 Å². The zero-order valence-corrected chi connectivity index (χ0v) is 12.4. The van der Waals surface area contributed by atoms with Crippen molar-refractivity contribution >= 4 is 5.90 Å². The van der Waals surface area contributed by atoms with Crippen LogP contribution >= 0.6 is 0 Å². The molecule has 106 valence electrons. The van der Waals surface area contributed by atoms with Gasteiger partial charge in [0.1, 0.15) is 6.61 Å². The fourth-order valence-corrected chi connectivity index (χ4v) is 2.40. The van der Waals surface area contributed by atoms with Gasteiger partial charge in [-0.3, -0.25) is 0 Å². The second-order valence-corrected chi connectivity index (χ2v) is 5.47. The Bertz CT molecular complexity index is 225. The minimum Gasteiger partial charge on any atom is -0.479 e. The Labute approximate surface area is 113 Å². The molecule has 1 aliphatic rings. The number of hydrogen-bond donors (Lipinski definition) is 0. The molecular formula is C16H31NO. The summed E-state index contributed by atoms with van der Waals surface area (Å²) < 4.78 is 5.58. The summed E-state index contributed by atoms with van der Waals surface area (Å²) in [6.45, 7) is 5.28. The van der Waals surface area contributed by atoms with E-state index in [9.17, 15) is 0 Å². The van der Waals surface area contributed by atoms with E-state index >= 15 is 0 Å². The third-order valence-corrected chi connectivity index (χ3v) is 3.73. The van der Waals surface area contributed by atoms with Crippen LogP contribution in [0.15, 0.2) is 4.99 Å². The zero-order valence-electron chi connectivity index (χ0n) is 12.4. The lowest BCUT2D eigenvalue weighted by molar-refractivity contribution is 0.306. The number of nitrogens with zero attached hydrogens (tertiary/aromatic N) is 1. The topological polar surface area (TPSA) is 21.6 Å². The maximum atomic E-state index is 5.58. The van der Waals surface area contributed by atoms with Gasteiger partial charge in [0.15, 0.2) is 5.90 Å². The van der Waals surface area contributed by atoms with Crippen LogP contribution in [0.4, 0.5) is 0 Å². The molecule has 2 heteroatoms. The van der Waals surface area contributed by atoms with Crippen molar-refractivity contribution in [2.75, 3.05) is 6.61 Å². The summed E-state index contributed by atoms with van der Waals surface area (Å²) in [5, 5.41) is 0. The molecule has 0 aromatic rings. The second kappa shape index (κ2) is 10.4. The molecule has 0 bridgehead atoms. The predicted octanol–water partition coefficient (Wildman–Crippen LogP) is 5.11. The molecule has 0 radical (unpaired) electrons. The number of hydrogen-bond acceptors (Lipinski definition) is 2. The van der Waals surface area contributed by atoms with E-state index in [0.717, 1.165) is 25.3 Å². The third-order valence-electron chi connectivity index (χ3n) is 3.73. The van der Waals surface area contributed by atoms with Crippen LogP contribution in [-0.4, -0.2) is 18.5 Å². The molecule has 18 heavy (non-hydrogen) atoms. The van der Waals surface area contributed by atoms with E-state index in [-0.39, 0.29) is 0 Å². The highest BCUT2D eigenvalue weighted by Crippen LogP contribution is 2.14. The molecule has 0 saturated carbocycles. The first-order valence-corrected chi connectivity index (χ1v) is 8.06. The van der Waals surface area contributed by atoms with E-state index in [2.05, 4.69) is 18.8 Å². The van der Waals surface area contributed by atoms with Gasteiger partial charge in [0, 0.05) is 6.42 Å². The molecule has 0 aromatic carbocycles. The van der Waals surface area contributed by atoms with Crippen LogP contribution in [0.5, 0.6) is 0 Å². The van der Waals surface area contributed by atoms with Crippen molar-refractivity contribution in [1.82, 2.24) is 0 Å². The molecule has 1 heterocycles. The van der Waals surface area contributed by atoms with E-state index in [1.807, 2.05) is 0 Å². The second-order valence-electron chi connectivity index (χ2n) is 5.47. The summed E-state index contributed by atoms with van der Waals surface area (Å²) in [7, 11) is 0. The van der Waals surface area contributed by atoms with E-state index < -0.39 is 0 Å². The van der Waals surface area contributed by atoms with E-state index in [1.165, 1.54) is 57.8 Å². The lowest BCUT2D eigenvalue weighted by Crippen LogP contribution is -2.03. The summed E-state index contributed by atoms with van der Waals surface area (Å²) in [6, 6.07) is 0.443. The molecule has 1 rings (SSSR count). The zero-order chi connectivity index (χ0) is 13.1. The molecule has 1 aliphatic heterocycles. The number of unbranched alkanes of at least 4 members (excludes halogenated alkanes) is 8. The maximum Gasteiger partial charge on any atom is 0.183 e. The smallest absolute Gasteiger partial charge is 0.183 e.